The van der Waals surface area contributed by atoms with Gasteiger partial charge in [-0.1, -0.05) is 24.3 Å². The van der Waals surface area contributed by atoms with E-state index in [1.165, 1.54) is 12.8 Å². The van der Waals surface area contributed by atoms with Crippen LogP contribution in [0.2, 0.25) is 0 Å². The van der Waals surface area contributed by atoms with Crippen molar-refractivity contribution in [3.63, 3.8) is 0 Å². The Hall–Kier alpha value is -3.73. The van der Waals surface area contributed by atoms with Crippen LogP contribution < -0.4 is 10.2 Å². The highest BCUT2D eigenvalue weighted by atomic mass is 16.1. The molecule has 0 spiro atoms. The largest absolute Gasteiger partial charge is 0.371 e. The van der Waals surface area contributed by atoms with E-state index in [-0.39, 0.29) is 5.91 Å². The van der Waals surface area contributed by atoms with Crippen LogP contribution in [-0.4, -0.2) is 29.0 Å². The summed E-state index contributed by atoms with van der Waals surface area (Å²) in [5, 5.41) is 3.92. The molecule has 4 aromatic rings. The molecule has 1 saturated heterocycles. The van der Waals surface area contributed by atoms with Crippen LogP contribution in [0.4, 0.5) is 11.4 Å². The van der Waals surface area contributed by atoms with Gasteiger partial charge in [0.25, 0.3) is 5.91 Å². The predicted molar refractivity (Wildman–Crippen MR) is 121 cm³/mol. The van der Waals surface area contributed by atoms with Crippen molar-refractivity contribution < 1.29 is 4.79 Å². The van der Waals surface area contributed by atoms with Crippen molar-refractivity contribution in [1.82, 2.24) is 9.97 Å². The standard InChI is InChI=1S/C25H22N4O/c30-25(27-19-6-5-7-20(16-19)29-14-3-4-15-29)22-17-24(18-10-12-26-13-11-18)28-23-9-2-1-8-21(22)23/h1-2,5-13,16-17H,3-4,14-15H2,(H,27,30). The van der Waals surface area contributed by atoms with Gasteiger partial charge in [-0.2, -0.15) is 0 Å². The Bertz CT molecular complexity index is 1200. The van der Waals surface area contributed by atoms with E-state index >= 15 is 0 Å². The Morgan fingerprint density at radius 3 is 2.53 bits per heavy atom. The van der Waals surface area contributed by atoms with E-state index < -0.39 is 0 Å². The van der Waals surface area contributed by atoms with Crippen LogP contribution in [0.5, 0.6) is 0 Å². The molecule has 0 unspecified atom stereocenters. The summed E-state index contributed by atoms with van der Waals surface area (Å²) in [5.74, 6) is -0.137. The lowest BCUT2D eigenvalue weighted by Crippen LogP contribution is -2.18. The van der Waals surface area contributed by atoms with E-state index in [2.05, 4.69) is 27.3 Å². The van der Waals surface area contributed by atoms with Gasteiger partial charge >= 0.3 is 0 Å². The van der Waals surface area contributed by atoms with Crippen molar-refractivity contribution in [2.45, 2.75) is 12.8 Å². The quantitative estimate of drug-likeness (QED) is 0.520. The summed E-state index contributed by atoms with van der Waals surface area (Å²) in [6.45, 7) is 2.14. The fraction of sp³-hybridized carbons (Fsp3) is 0.160. The summed E-state index contributed by atoms with van der Waals surface area (Å²) in [6.07, 6.45) is 5.90. The maximum atomic E-state index is 13.3. The van der Waals surface area contributed by atoms with Gasteiger partial charge in [-0.3, -0.25) is 9.78 Å². The van der Waals surface area contributed by atoms with E-state index in [1.54, 1.807) is 12.4 Å². The Morgan fingerprint density at radius 1 is 0.900 bits per heavy atom. The molecule has 5 rings (SSSR count). The van der Waals surface area contributed by atoms with Crippen LogP contribution in [0.25, 0.3) is 22.2 Å². The third kappa shape index (κ3) is 3.62. The van der Waals surface area contributed by atoms with Crippen molar-refractivity contribution in [2.75, 3.05) is 23.3 Å². The van der Waals surface area contributed by atoms with E-state index in [9.17, 15) is 4.79 Å². The number of pyridine rings is 2. The molecule has 0 radical (unpaired) electrons. The summed E-state index contributed by atoms with van der Waals surface area (Å²) < 4.78 is 0. The smallest absolute Gasteiger partial charge is 0.256 e. The summed E-state index contributed by atoms with van der Waals surface area (Å²) in [4.78, 5) is 24.5. The van der Waals surface area contributed by atoms with Gasteiger partial charge in [0.15, 0.2) is 0 Å². The number of nitrogens with one attached hydrogen (secondary N) is 1. The highest BCUT2D eigenvalue weighted by Crippen LogP contribution is 2.27. The minimum atomic E-state index is -0.137. The predicted octanol–water partition coefficient (Wildman–Crippen LogP) is 5.15. The topological polar surface area (TPSA) is 58.1 Å². The molecular formula is C25H22N4O. The minimum Gasteiger partial charge on any atom is -0.371 e. The number of amides is 1. The number of hydrogen-bond acceptors (Lipinski definition) is 4. The molecule has 1 aliphatic heterocycles. The molecule has 2 aromatic heterocycles. The minimum absolute atomic E-state index is 0.137. The molecule has 1 aliphatic rings. The summed E-state index contributed by atoms with van der Waals surface area (Å²) >= 11 is 0. The first-order valence-electron chi connectivity index (χ1n) is 10.2. The first-order valence-corrected chi connectivity index (χ1v) is 10.2. The number of carbonyl (C=O) groups is 1. The number of aromatic nitrogens is 2. The van der Waals surface area contributed by atoms with Crippen LogP contribution in [0, 0.1) is 0 Å². The molecule has 1 N–H and O–H groups in total. The number of rotatable bonds is 4. The van der Waals surface area contributed by atoms with Gasteiger partial charge in [0.1, 0.15) is 0 Å². The monoisotopic (exact) mass is 394 g/mol. The van der Waals surface area contributed by atoms with E-state index in [0.29, 0.717) is 5.56 Å². The van der Waals surface area contributed by atoms with Gasteiger partial charge in [0, 0.05) is 47.8 Å². The van der Waals surface area contributed by atoms with Crippen molar-refractivity contribution in [3.05, 3.63) is 84.7 Å². The van der Waals surface area contributed by atoms with Gasteiger partial charge in [0.05, 0.1) is 16.8 Å². The lowest BCUT2D eigenvalue weighted by Gasteiger charge is -2.18. The van der Waals surface area contributed by atoms with Gasteiger partial charge in [-0.25, -0.2) is 4.98 Å². The Labute approximate surface area is 175 Å². The summed E-state index contributed by atoms with van der Waals surface area (Å²) in [5.41, 5.74) is 5.05. The maximum Gasteiger partial charge on any atom is 0.256 e. The van der Waals surface area contributed by atoms with Gasteiger partial charge in [0.2, 0.25) is 0 Å². The molecule has 0 saturated carbocycles. The molecular weight excluding hydrogens is 372 g/mol. The second kappa shape index (κ2) is 7.95. The maximum absolute atomic E-state index is 13.3. The Morgan fingerprint density at radius 2 is 1.70 bits per heavy atom. The van der Waals surface area contributed by atoms with Gasteiger partial charge in [-0.05, 0) is 55.3 Å². The average molecular weight is 394 g/mol. The van der Waals surface area contributed by atoms with E-state index in [0.717, 1.165) is 46.6 Å². The average Bonchev–Trinajstić information content (AvgIpc) is 3.34. The zero-order valence-corrected chi connectivity index (χ0v) is 16.6. The fourth-order valence-corrected chi connectivity index (χ4v) is 3.99. The number of fused-ring (bicyclic) bond motifs is 1. The van der Waals surface area contributed by atoms with Crippen LogP contribution in [0.15, 0.2) is 79.1 Å². The molecule has 5 nitrogen and oxygen atoms in total. The number of para-hydroxylation sites is 1. The van der Waals surface area contributed by atoms with E-state index in [1.807, 2.05) is 54.6 Å². The number of carbonyl (C=O) groups excluding carboxylic acids is 1. The number of hydrogen-bond donors (Lipinski definition) is 1. The molecule has 0 aliphatic carbocycles. The van der Waals surface area contributed by atoms with Crippen LogP contribution in [-0.2, 0) is 0 Å². The lowest BCUT2D eigenvalue weighted by molar-refractivity contribution is 0.102. The summed E-state index contributed by atoms with van der Waals surface area (Å²) in [6, 6.07) is 21.5. The normalized spacial score (nSPS) is 13.5. The second-order valence-electron chi connectivity index (χ2n) is 7.51. The molecule has 5 heteroatoms. The van der Waals surface area contributed by atoms with Gasteiger partial charge < -0.3 is 10.2 Å². The molecule has 1 fully saturated rings. The first kappa shape index (κ1) is 18.3. The zero-order chi connectivity index (χ0) is 20.3. The van der Waals surface area contributed by atoms with Crippen LogP contribution >= 0.6 is 0 Å². The fourth-order valence-electron chi connectivity index (χ4n) is 3.99. The molecule has 1 amide bonds. The van der Waals surface area contributed by atoms with Gasteiger partial charge in [-0.15, -0.1) is 0 Å². The van der Waals surface area contributed by atoms with Crippen LogP contribution in [0.1, 0.15) is 23.2 Å². The molecule has 30 heavy (non-hydrogen) atoms. The third-order valence-electron chi connectivity index (χ3n) is 5.51. The van der Waals surface area contributed by atoms with Crippen molar-refractivity contribution >= 4 is 28.2 Å². The van der Waals surface area contributed by atoms with E-state index in [4.69, 9.17) is 4.98 Å². The lowest BCUT2D eigenvalue weighted by atomic mass is 10.0. The SMILES string of the molecule is O=C(Nc1cccc(N2CCCC2)c1)c1cc(-c2ccncc2)nc2ccccc12. The molecule has 0 bridgehead atoms. The molecule has 2 aromatic carbocycles. The summed E-state index contributed by atoms with van der Waals surface area (Å²) in [7, 11) is 0. The van der Waals surface area contributed by atoms with Crippen LogP contribution in [0.3, 0.4) is 0 Å². The second-order valence-corrected chi connectivity index (χ2v) is 7.51. The van der Waals surface area contributed by atoms with Crippen molar-refractivity contribution in [2.24, 2.45) is 0 Å². The van der Waals surface area contributed by atoms with Crippen molar-refractivity contribution in [1.29, 1.82) is 0 Å². The molecule has 148 valence electrons. The highest BCUT2D eigenvalue weighted by Gasteiger charge is 2.16. The Balaban J connectivity index is 1.51. The zero-order valence-electron chi connectivity index (χ0n) is 16.6. The number of anilines is 2. The number of benzene rings is 2. The highest BCUT2D eigenvalue weighted by molar-refractivity contribution is 6.13. The van der Waals surface area contributed by atoms with Crippen molar-refractivity contribution in [3.8, 4) is 11.3 Å². The first-order chi connectivity index (χ1) is 14.8. The molecule has 0 atom stereocenters. The Kier molecular flexibility index (Phi) is 4.85. The number of nitrogens with zero attached hydrogens (tertiary/aromatic N) is 3. The third-order valence-corrected chi connectivity index (χ3v) is 5.51. The molecule has 3 heterocycles.